The van der Waals surface area contributed by atoms with E-state index in [-0.39, 0.29) is 11.9 Å². The maximum absolute atomic E-state index is 13.2. The molecule has 1 aliphatic rings. The minimum atomic E-state index is -0.262. The molecule has 0 radical (unpaired) electrons. The van der Waals surface area contributed by atoms with Gasteiger partial charge in [-0.1, -0.05) is 35.5 Å². The molecule has 2 aromatic carbocycles. The average Bonchev–Trinajstić information content (AvgIpc) is 2.98. The minimum Gasteiger partial charge on any atom is -0.492 e. The summed E-state index contributed by atoms with van der Waals surface area (Å²) in [4.78, 5) is 4.38. The van der Waals surface area contributed by atoms with Gasteiger partial charge < -0.3 is 14.6 Å². The number of aryl methyl sites for hydroxylation is 1. The highest BCUT2D eigenvalue weighted by Gasteiger charge is 2.17. The molecule has 0 saturated carbocycles. The first-order chi connectivity index (χ1) is 12.8. The number of hydrogen-bond acceptors (Lipinski definition) is 5. The van der Waals surface area contributed by atoms with Crippen LogP contribution in [-0.2, 0) is 19.4 Å². The van der Waals surface area contributed by atoms with E-state index in [0.29, 0.717) is 31.3 Å². The summed E-state index contributed by atoms with van der Waals surface area (Å²) in [6, 6.07) is 14.8. The molecule has 6 heteroatoms. The van der Waals surface area contributed by atoms with Gasteiger partial charge in [-0.25, -0.2) is 4.39 Å². The number of para-hydroxylation sites is 1. The number of aromatic nitrogens is 2. The Morgan fingerprint density at radius 2 is 2.08 bits per heavy atom. The average molecular weight is 353 g/mol. The maximum atomic E-state index is 13.2. The minimum absolute atomic E-state index is 0.223. The summed E-state index contributed by atoms with van der Waals surface area (Å²) < 4.78 is 24.4. The van der Waals surface area contributed by atoms with E-state index >= 15 is 0 Å². The molecule has 5 nitrogen and oxygen atoms in total. The smallest absolute Gasteiger partial charge is 0.240 e. The Hall–Kier alpha value is -2.73. The van der Waals surface area contributed by atoms with Crippen molar-refractivity contribution in [2.45, 2.75) is 31.8 Å². The van der Waals surface area contributed by atoms with Gasteiger partial charge in [0.05, 0.1) is 6.54 Å². The summed E-state index contributed by atoms with van der Waals surface area (Å²) in [5.74, 6) is 1.78. The molecule has 3 aromatic rings. The van der Waals surface area contributed by atoms with Gasteiger partial charge in [-0.05, 0) is 42.2 Å². The molecule has 0 saturated heterocycles. The van der Waals surface area contributed by atoms with Crippen molar-refractivity contribution in [3.8, 4) is 5.75 Å². The van der Waals surface area contributed by atoms with Crippen molar-refractivity contribution in [3.63, 3.8) is 0 Å². The second-order valence-electron chi connectivity index (χ2n) is 6.45. The van der Waals surface area contributed by atoms with E-state index in [1.807, 2.05) is 24.3 Å². The summed E-state index contributed by atoms with van der Waals surface area (Å²) in [5.41, 5.74) is 2.06. The Kier molecular flexibility index (Phi) is 4.93. The lowest BCUT2D eigenvalue weighted by Crippen LogP contribution is -2.33. The zero-order valence-corrected chi connectivity index (χ0v) is 14.3. The molecule has 2 heterocycles. The van der Waals surface area contributed by atoms with Gasteiger partial charge in [-0.3, -0.25) is 0 Å². The van der Waals surface area contributed by atoms with E-state index in [0.717, 1.165) is 24.2 Å². The standard InChI is InChI=1S/C20H20FN3O2/c21-16-6-3-4-14(10-16)11-19-23-20(26-24-19)12-22-17-9-8-15-5-1-2-7-18(15)25-13-17/h1-7,10,17,22H,8-9,11-13H2. The Morgan fingerprint density at radius 1 is 1.15 bits per heavy atom. The third kappa shape index (κ3) is 4.08. The Labute approximate surface area is 151 Å². The van der Waals surface area contributed by atoms with Crippen molar-refractivity contribution in [3.05, 3.63) is 77.2 Å². The summed E-state index contributed by atoms with van der Waals surface area (Å²) in [6.45, 7) is 1.10. The highest BCUT2D eigenvalue weighted by Crippen LogP contribution is 2.23. The number of fused-ring (bicyclic) bond motifs is 1. The molecule has 1 atom stereocenters. The van der Waals surface area contributed by atoms with Crippen LogP contribution in [0, 0.1) is 5.82 Å². The summed E-state index contributed by atoms with van der Waals surface area (Å²) in [7, 11) is 0. The summed E-state index contributed by atoms with van der Waals surface area (Å²) in [6.07, 6.45) is 2.41. The van der Waals surface area contributed by atoms with Gasteiger partial charge in [0, 0.05) is 12.5 Å². The van der Waals surface area contributed by atoms with Crippen LogP contribution in [0.1, 0.15) is 29.3 Å². The van der Waals surface area contributed by atoms with Crippen LogP contribution >= 0.6 is 0 Å². The SMILES string of the molecule is Fc1cccc(Cc2noc(CNC3CCc4ccccc4OC3)n2)c1. The lowest BCUT2D eigenvalue weighted by molar-refractivity contribution is 0.259. The largest absolute Gasteiger partial charge is 0.492 e. The quantitative estimate of drug-likeness (QED) is 0.763. The van der Waals surface area contributed by atoms with Gasteiger partial charge in [0.15, 0.2) is 5.82 Å². The molecule has 134 valence electrons. The van der Waals surface area contributed by atoms with E-state index in [1.54, 1.807) is 6.07 Å². The number of nitrogens with zero attached hydrogens (tertiary/aromatic N) is 2. The van der Waals surface area contributed by atoms with Crippen LogP contribution in [-0.4, -0.2) is 22.8 Å². The first kappa shape index (κ1) is 16.7. The zero-order chi connectivity index (χ0) is 17.8. The molecule has 1 aromatic heterocycles. The molecule has 0 aliphatic carbocycles. The first-order valence-corrected chi connectivity index (χ1v) is 8.76. The van der Waals surface area contributed by atoms with Crippen molar-refractivity contribution in [1.82, 2.24) is 15.5 Å². The Balaban J connectivity index is 1.31. The molecule has 0 spiro atoms. The molecule has 26 heavy (non-hydrogen) atoms. The van der Waals surface area contributed by atoms with E-state index in [9.17, 15) is 4.39 Å². The summed E-state index contributed by atoms with van der Waals surface area (Å²) >= 11 is 0. The first-order valence-electron chi connectivity index (χ1n) is 8.76. The fourth-order valence-electron chi connectivity index (χ4n) is 3.11. The highest BCUT2D eigenvalue weighted by molar-refractivity contribution is 5.34. The third-order valence-electron chi connectivity index (χ3n) is 4.48. The van der Waals surface area contributed by atoms with Crippen molar-refractivity contribution in [2.24, 2.45) is 0 Å². The highest BCUT2D eigenvalue weighted by atomic mass is 19.1. The van der Waals surface area contributed by atoms with Crippen molar-refractivity contribution in [2.75, 3.05) is 6.61 Å². The number of nitrogens with one attached hydrogen (secondary N) is 1. The predicted molar refractivity (Wildman–Crippen MR) is 94.4 cm³/mol. The number of rotatable bonds is 5. The zero-order valence-electron chi connectivity index (χ0n) is 14.3. The van der Waals surface area contributed by atoms with Crippen LogP contribution < -0.4 is 10.1 Å². The molecule has 0 amide bonds. The van der Waals surface area contributed by atoms with E-state index in [1.165, 1.54) is 17.7 Å². The Morgan fingerprint density at radius 3 is 3.00 bits per heavy atom. The normalized spacial score (nSPS) is 16.6. The van der Waals surface area contributed by atoms with Crippen LogP contribution in [0.25, 0.3) is 0 Å². The van der Waals surface area contributed by atoms with Crippen molar-refractivity contribution >= 4 is 0 Å². The number of halogens is 1. The molecule has 4 rings (SSSR count). The number of ether oxygens (including phenoxy) is 1. The lowest BCUT2D eigenvalue weighted by Gasteiger charge is -2.14. The third-order valence-corrected chi connectivity index (χ3v) is 4.48. The molecule has 0 bridgehead atoms. The van der Waals surface area contributed by atoms with Gasteiger partial charge in [-0.15, -0.1) is 0 Å². The predicted octanol–water partition coefficient (Wildman–Crippen LogP) is 3.28. The molecule has 1 N–H and O–H groups in total. The van der Waals surface area contributed by atoms with Gasteiger partial charge in [-0.2, -0.15) is 4.98 Å². The Bertz CT molecular complexity index is 854. The van der Waals surface area contributed by atoms with Gasteiger partial charge >= 0.3 is 0 Å². The van der Waals surface area contributed by atoms with Crippen LogP contribution in [0.2, 0.25) is 0 Å². The second-order valence-corrected chi connectivity index (χ2v) is 6.45. The van der Waals surface area contributed by atoms with Gasteiger partial charge in [0.25, 0.3) is 0 Å². The molecular weight excluding hydrogens is 333 g/mol. The van der Waals surface area contributed by atoms with E-state index in [4.69, 9.17) is 9.26 Å². The lowest BCUT2D eigenvalue weighted by atomic mass is 10.1. The van der Waals surface area contributed by atoms with Crippen LogP contribution in [0.5, 0.6) is 5.75 Å². The fraction of sp³-hybridized carbons (Fsp3) is 0.300. The monoisotopic (exact) mass is 353 g/mol. The maximum Gasteiger partial charge on any atom is 0.240 e. The molecular formula is C20H20FN3O2. The fourth-order valence-corrected chi connectivity index (χ4v) is 3.11. The van der Waals surface area contributed by atoms with E-state index in [2.05, 4.69) is 21.5 Å². The van der Waals surface area contributed by atoms with Gasteiger partial charge in [0.1, 0.15) is 18.2 Å². The summed E-state index contributed by atoms with van der Waals surface area (Å²) in [5, 5.41) is 7.39. The van der Waals surface area contributed by atoms with Crippen LogP contribution in [0.3, 0.4) is 0 Å². The molecule has 0 fully saturated rings. The molecule has 1 aliphatic heterocycles. The molecule has 1 unspecified atom stereocenters. The second kappa shape index (κ2) is 7.66. The number of benzene rings is 2. The van der Waals surface area contributed by atoms with Crippen LogP contribution in [0.4, 0.5) is 4.39 Å². The topological polar surface area (TPSA) is 60.2 Å². The van der Waals surface area contributed by atoms with Crippen molar-refractivity contribution < 1.29 is 13.7 Å². The number of hydrogen-bond donors (Lipinski definition) is 1. The van der Waals surface area contributed by atoms with Gasteiger partial charge in [0.2, 0.25) is 5.89 Å². The van der Waals surface area contributed by atoms with Crippen LogP contribution in [0.15, 0.2) is 53.1 Å². The van der Waals surface area contributed by atoms with E-state index < -0.39 is 0 Å². The van der Waals surface area contributed by atoms with Crippen molar-refractivity contribution in [1.29, 1.82) is 0 Å².